The van der Waals surface area contributed by atoms with Gasteiger partial charge in [-0.05, 0) is 54.3 Å². The lowest BCUT2D eigenvalue weighted by molar-refractivity contribution is -0.122. The molecule has 192 valence electrons. The highest BCUT2D eigenvalue weighted by Crippen LogP contribution is 2.12. The quantitative estimate of drug-likeness (QED) is 0.346. The van der Waals surface area contributed by atoms with Gasteiger partial charge in [0, 0.05) is 6.54 Å². The molecule has 2 aromatic carbocycles. The number of furan rings is 1. The van der Waals surface area contributed by atoms with Crippen molar-refractivity contribution in [3.63, 3.8) is 0 Å². The second-order valence-electron chi connectivity index (χ2n) is 9.26. The van der Waals surface area contributed by atoms with Crippen LogP contribution in [-0.2, 0) is 29.1 Å². The van der Waals surface area contributed by atoms with Crippen LogP contribution in [0, 0.1) is 5.92 Å². The highest BCUT2D eigenvalue weighted by Gasteiger charge is 2.17. The number of benzene rings is 2. The Kier molecular flexibility index (Phi) is 8.02. The fourth-order valence-electron chi connectivity index (χ4n) is 4.01. The Bertz CT molecular complexity index is 1500. The minimum absolute atomic E-state index is 0.0841. The molecule has 2 aromatic heterocycles. The van der Waals surface area contributed by atoms with Crippen LogP contribution < -0.4 is 21.9 Å². The lowest BCUT2D eigenvalue weighted by Crippen LogP contribution is -2.41. The van der Waals surface area contributed by atoms with E-state index in [1.54, 1.807) is 60.7 Å². The molecule has 0 aliphatic carbocycles. The van der Waals surface area contributed by atoms with Gasteiger partial charge in [-0.25, -0.2) is 9.36 Å². The van der Waals surface area contributed by atoms with Gasteiger partial charge < -0.3 is 15.1 Å². The summed E-state index contributed by atoms with van der Waals surface area (Å²) in [6.45, 7) is 4.73. The maximum atomic E-state index is 13.5. The lowest BCUT2D eigenvalue weighted by atomic mass is 10.1. The molecule has 0 fully saturated rings. The molecule has 0 aliphatic rings. The molecule has 4 rings (SSSR count). The normalized spacial score (nSPS) is 11.1. The van der Waals surface area contributed by atoms with Crippen LogP contribution in [0.3, 0.4) is 0 Å². The average molecular weight is 503 g/mol. The van der Waals surface area contributed by atoms with E-state index in [1.807, 2.05) is 0 Å². The minimum atomic E-state index is -0.629. The summed E-state index contributed by atoms with van der Waals surface area (Å²) in [7, 11) is 0. The summed E-state index contributed by atoms with van der Waals surface area (Å²) in [5, 5.41) is 5.94. The molecule has 2 amide bonds. The third kappa shape index (κ3) is 6.24. The molecule has 2 heterocycles. The van der Waals surface area contributed by atoms with E-state index in [1.165, 1.54) is 10.8 Å². The molecule has 9 heteroatoms. The molecular formula is C28H30N4O5. The molecule has 2 N–H and O–H groups in total. The number of nitrogens with one attached hydrogen (secondary N) is 2. The Morgan fingerprint density at radius 1 is 0.919 bits per heavy atom. The summed E-state index contributed by atoms with van der Waals surface area (Å²) < 4.78 is 7.56. The van der Waals surface area contributed by atoms with Gasteiger partial charge in [-0.1, -0.05) is 38.1 Å². The van der Waals surface area contributed by atoms with Gasteiger partial charge in [0.15, 0.2) is 0 Å². The van der Waals surface area contributed by atoms with Gasteiger partial charge in [-0.2, -0.15) is 0 Å². The lowest BCUT2D eigenvalue weighted by Gasteiger charge is -2.14. The van der Waals surface area contributed by atoms with Gasteiger partial charge in [-0.15, -0.1) is 0 Å². The Morgan fingerprint density at radius 2 is 1.68 bits per heavy atom. The van der Waals surface area contributed by atoms with Crippen LogP contribution in [0.1, 0.15) is 31.6 Å². The van der Waals surface area contributed by atoms with Crippen molar-refractivity contribution in [2.75, 3.05) is 6.54 Å². The van der Waals surface area contributed by atoms with E-state index in [-0.39, 0.29) is 25.4 Å². The molecule has 0 bridgehead atoms. The minimum Gasteiger partial charge on any atom is -0.467 e. The first kappa shape index (κ1) is 25.7. The number of hydrogen-bond donors (Lipinski definition) is 2. The van der Waals surface area contributed by atoms with Crippen LogP contribution in [-0.4, -0.2) is 27.5 Å². The van der Waals surface area contributed by atoms with Crippen molar-refractivity contribution in [2.45, 2.75) is 39.8 Å². The van der Waals surface area contributed by atoms with Crippen LogP contribution in [0.5, 0.6) is 0 Å². The standard InChI is InChI=1S/C28H30N4O5/c1-19(2)13-14-29-25(33)16-20-9-11-21(12-10-20)32-27(35)23-7-3-4-8-24(23)31(28(32)36)18-26(34)30-17-22-6-5-15-37-22/h3-12,15,19H,13-14,16-18H2,1-2H3,(H,29,33)(H,30,34). The predicted molar refractivity (Wildman–Crippen MR) is 141 cm³/mol. The van der Waals surface area contributed by atoms with Crippen molar-refractivity contribution in [1.29, 1.82) is 0 Å². The van der Waals surface area contributed by atoms with Gasteiger partial charge in [0.1, 0.15) is 12.3 Å². The summed E-state index contributed by atoms with van der Waals surface area (Å²) >= 11 is 0. The van der Waals surface area contributed by atoms with E-state index < -0.39 is 17.2 Å². The molecule has 0 spiro atoms. The van der Waals surface area contributed by atoms with Crippen LogP contribution >= 0.6 is 0 Å². The summed E-state index contributed by atoms with van der Waals surface area (Å²) in [5.74, 6) is 0.613. The fourth-order valence-corrected chi connectivity index (χ4v) is 4.01. The van der Waals surface area contributed by atoms with Crippen molar-refractivity contribution in [3.05, 3.63) is 99.1 Å². The molecule has 0 atom stereocenters. The second-order valence-corrected chi connectivity index (χ2v) is 9.26. The first-order valence-corrected chi connectivity index (χ1v) is 12.2. The van der Waals surface area contributed by atoms with Gasteiger partial charge in [0.05, 0.1) is 35.8 Å². The number of amides is 2. The van der Waals surface area contributed by atoms with Gasteiger partial charge in [0.2, 0.25) is 11.8 Å². The molecule has 0 radical (unpaired) electrons. The molecular weight excluding hydrogens is 472 g/mol. The third-order valence-electron chi connectivity index (χ3n) is 6.00. The predicted octanol–water partition coefficient (Wildman–Crippen LogP) is 2.77. The molecule has 9 nitrogen and oxygen atoms in total. The van der Waals surface area contributed by atoms with E-state index in [0.717, 1.165) is 16.6 Å². The zero-order valence-corrected chi connectivity index (χ0v) is 20.9. The number of para-hydroxylation sites is 1. The number of aromatic nitrogens is 2. The van der Waals surface area contributed by atoms with Crippen LogP contribution in [0.25, 0.3) is 16.6 Å². The van der Waals surface area contributed by atoms with E-state index in [0.29, 0.717) is 34.8 Å². The summed E-state index contributed by atoms with van der Waals surface area (Å²) in [6, 6.07) is 16.9. The summed E-state index contributed by atoms with van der Waals surface area (Å²) in [6.07, 6.45) is 2.62. The highest BCUT2D eigenvalue weighted by atomic mass is 16.3. The maximum absolute atomic E-state index is 13.5. The van der Waals surface area contributed by atoms with E-state index in [9.17, 15) is 19.2 Å². The van der Waals surface area contributed by atoms with E-state index in [2.05, 4.69) is 24.5 Å². The number of nitrogens with zero attached hydrogens (tertiary/aromatic N) is 2. The molecule has 0 aliphatic heterocycles. The monoisotopic (exact) mass is 502 g/mol. The van der Waals surface area contributed by atoms with E-state index in [4.69, 9.17) is 4.42 Å². The number of carbonyl (C=O) groups excluding carboxylic acids is 2. The average Bonchev–Trinajstić information content (AvgIpc) is 3.40. The van der Waals surface area contributed by atoms with Gasteiger partial charge >= 0.3 is 5.69 Å². The fraction of sp³-hybridized carbons (Fsp3) is 0.286. The van der Waals surface area contributed by atoms with E-state index >= 15 is 0 Å². The Hall–Kier alpha value is -4.40. The van der Waals surface area contributed by atoms with Crippen LogP contribution in [0.4, 0.5) is 0 Å². The van der Waals surface area contributed by atoms with Gasteiger partial charge in [-0.3, -0.25) is 19.0 Å². The SMILES string of the molecule is CC(C)CCNC(=O)Cc1ccc(-n2c(=O)c3ccccc3n(CC(=O)NCc3ccco3)c2=O)cc1. The second kappa shape index (κ2) is 11.6. The first-order chi connectivity index (χ1) is 17.8. The zero-order valence-electron chi connectivity index (χ0n) is 20.9. The third-order valence-corrected chi connectivity index (χ3v) is 6.00. The van der Waals surface area contributed by atoms with Crippen molar-refractivity contribution in [2.24, 2.45) is 5.92 Å². The maximum Gasteiger partial charge on any atom is 0.336 e. The van der Waals surface area contributed by atoms with Crippen molar-refractivity contribution in [1.82, 2.24) is 19.8 Å². The number of carbonyl (C=O) groups is 2. The highest BCUT2D eigenvalue weighted by molar-refractivity contribution is 5.82. The molecule has 4 aromatic rings. The van der Waals surface area contributed by atoms with Crippen LogP contribution in [0.2, 0.25) is 0 Å². The smallest absolute Gasteiger partial charge is 0.336 e. The zero-order chi connectivity index (χ0) is 26.4. The first-order valence-electron chi connectivity index (χ1n) is 12.2. The Balaban J connectivity index is 1.59. The van der Waals surface area contributed by atoms with Crippen LogP contribution in [0.15, 0.2) is 80.9 Å². The van der Waals surface area contributed by atoms with Gasteiger partial charge in [0.25, 0.3) is 5.56 Å². The number of rotatable bonds is 10. The Labute approximate surface area is 213 Å². The molecule has 0 saturated carbocycles. The largest absolute Gasteiger partial charge is 0.467 e. The number of fused-ring (bicyclic) bond motifs is 1. The van der Waals surface area contributed by atoms with Crippen molar-refractivity contribution < 1.29 is 14.0 Å². The molecule has 0 unspecified atom stereocenters. The topological polar surface area (TPSA) is 115 Å². The number of hydrogen-bond acceptors (Lipinski definition) is 5. The summed E-state index contributed by atoms with van der Waals surface area (Å²) in [5.41, 5.74) is 0.381. The van der Waals surface area contributed by atoms with Crippen molar-refractivity contribution >= 4 is 22.7 Å². The molecule has 0 saturated heterocycles. The van der Waals surface area contributed by atoms with Crippen molar-refractivity contribution in [3.8, 4) is 5.69 Å². The molecule has 37 heavy (non-hydrogen) atoms. The summed E-state index contributed by atoms with van der Waals surface area (Å²) in [4.78, 5) is 51.6. The Morgan fingerprint density at radius 3 is 2.38 bits per heavy atom.